The fourth-order valence-electron chi connectivity index (χ4n) is 3.35. The van der Waals surface area contributed by atoms with Gasteiger partial charge in [-0.2, -0.15) is 0 Å². The molecule has 4 nitrogen and oxygen atoms in total. The van der Waals surface area contributed by atoms with Crippen LogP contribution in [-0.4, -0.2) is 55.1 Å². The topological polar surface area (TPSA) is 41.9 Å². The van der Waals surface area contributed by atoms with E-state index in [9.17, 15) is 5.11 Å². The summed E-state index contributed by atoms with van der Waals surface area (Å²) in [6.45, 7) is 5.77. The summed E-state index contributed by atoms with van der Waals surface area (Å²) in [7, 11) is 0. The van der Waals surface area contributed by atoms with Crippen LogP contribution in [0, 0.1) is 0 Å². The van der Waals surface area contributed by atoms with Crippen LogP contribution in [0.1, 0.15) is 19.8 Å². The monoisotopic (exact) mass is 329 g/mol. The van der Waals surface area contributed by atoms with E-state index in [1.165, 1.54) is 0 Å². The maximum Gasteiger partial charge on any atom is 0.127 e. The van der Waals surface area contributed by atoms with Crippen molar-refractivity contribution in [3.8, 4) is 5.75 Å². The van der Waals surface area contributed by atoms with Gasteiger partial charge < -0.3 is 19.5 Å². The fourth-order valence-corrected chi connectivity index (χ4v) is 3.35. The van der Waals surface area contributed by atoms with Gasteiger partial charge in [0, 0.05) is 31.6 Å². The number of β-amino-alcohol motifs (C(OH)–C–C–N with tert-alkyl or cyclic N) is 1. The Bertz CT molecular complexity index is 632. The van der Waals surface area contributed by atoms with Crippen molar-refractivity contribution in [2.45, 2.75) is 32.0 Å². The van der Waals surface area contributed by atoms with E-state index >= 15 is 0 Å². The molecule has 1 aliphatic heterocycles. The Morgan fingerprint density at radius 2 is 1.88 bits per heavy atom. The second kappa shape index (κ2) is 8.47. The van der Waals surface area contributed by atoms with E-state index in [1.54, 1.807) is 0 Å². The van der Waals surface area contributed by atoms with Gasteiger partial charge >= 0.3 is 0 Å². The molecule has 1 saturated heterocycles. The highest BCUT2D eigenvalue weighted by Gasteiger charge is 2.21. The number of nitrogens with zero attached hydrogens (tertiary/aromatic N) is 1. The van der Waals surface area contributed by atoms with Gasteiger partial charge in [-0.05, 0) is 31.2 Å². The molecule has 3 rings (SSSR count). The van der Waals surface area contributed by atoms with Crippen LogP contribution in [0.25, 0.3) is 10.8 Å². The van der Waals surface area contributed by atoms with Crippen LogP contribution in [0.3, 0.4) is 0 Å². The van der Waals surface area contributed by atoms with Crippen LogP contribution in [0.4, 0.5) is 0 Å². The molecule has 1 unspecified atom stereocenters. The van der Waals surface area contributed by atoms with Crippen molar-refractivity contribution in [2.75, 3.05) is 32.8 Å². The number of aliphatic hydroxyl groups is 1. The van der Waals surface area contributed by atoms with Crippen molar-refractivity contribution in [1.82, 2.24) is 4.90 Å². The Morgan fingerprint density at radius 3 is 2.67 bits per heavy atom. The van der Waals surface area contributed by atoms with Crippen LogP contribution in [-0.2, 0) is 4.74 Å². The summed E-state index contributed by atoms with van der Waals surface area (Å²) in [5, 5.41) is 12.5. The minimum Gasteiger partial charge on any atom is -0.490 e. The third-order valence-corrected chi connectivity index (χ3v) is 4.59. The van der Waals surface area contributed by atoms with E-state index in [-0.39, 0.29) is 0 Å². The number of piperidine rings is 1. The highest BCUT2D eigenvalue weighted by molar-refractivity contribution is 5.88. The molecule has 1 fully saturated rings. The first-order chi connectivity index (χ1) is 11.8. The molecule has 4 heteroatoms. The second-order valence-corrected chi connectivity index (χ2v) is 6.40. The van der Waals surface area contributed by atoms with Crippen LogP contribution in [0.5, 0.6) is 5.75 Å². The Morgan fingerprint density at radius 1 is 1.12 bits per heavy atom. The van der Waals surface area contributed by atoms with Gasteiger partial charge in [-0.25, -0.2) is 0 Å². The van der Waals surface area contributed by atoms with E-state index in [1.807, 2.05) is 31.2 Å². The lowest BCUT2D eigenvalue weighted by Gasteiger charge is -2.32. The maximum atomic E-state index is 10.3. The summed E-state index contributed by atoms with van der Waals surface area (Å²) in [6.07, 6.45) is 2.00. The van der Waals surface area contributed by atoms with Crippen molar-refractivity contribution in [3.63, 3.8) is 0 Å². The van der Waals surface area contributed by atoms with Gasteiger partial charge in [-0.3, -0.25) is 0 Å². The molecular weight excluding hydrogens is 302 g/mol. The molecule has 2 aromatic rings. The number of benzene rings is 2. The molecule has 1 N–H and O–H groups in total. The van der Waals surface area contributed by atoms with E-state index < -0.39 is 6.10 Å². The van der Waals surface area contributed by atoms with Crippen LogP contribution in [0.2, 0.25) is 0 Å². The van der Waals surface area contributed by atoms with Gasteiger partial charge in [-0.1, -0.05) is 36.4 Å². The van der Waals surface area contributed by atoms with E-state index in [0.29, 0.717) is 19.3 Å². The molecular formula is C20H27NO3. The zero-order valence-corrected chi connectivity index (χ0v) is 14.4. The van der Waals surface area contributed by atoms with Crippen LogP contribution < -0.4 is 4.74 Å². The molecule has 0 amide bonds. The molecule has 2 aromatic carbocycles. The quantitative estimate of drug-likeness (QED) is 0.848. The van der Waals surface area contributed by atoms with E-state index in [2.05, 4.69) is 23.1 Å². The SMILES string of the molecule is CCOC1CCN(CC(O)COc2cccc3ccccc23)CC1. The van der Waals surface area contributed by atoms with Crippen molar-refractivity contribution < 1.29 is 14.6 Å². The summed E-state index contributed by atoms with van der Waals surface area (Å²) in [6, 6.07) is 14.2. The number of hydrogen-bond donors (Lipinski definition) is 1. The number of ether oxygens (including phenoxy) is 2. The van der Waals surface area contributed by atoms with Crippen molar-refractivity contribution in [1.29, 1.82) is 0 Å². The summed E-state index contributed by atoms with van der Waals surface area (Å²) in [5.41, 5.74) is 0. The molecule has 24 heavy (non-hydrogen) atoms. The average Bonchev–Trinajstić information content (AvgIpc) is 2.62. The first-order valence-electron chi connectivity index (χ1n) is 8.89. The van der Waals surface area contributed by atoms with Crippen molar-refractivity contribution >= 4 is 10.8 Å². The Kier molecular flexibility index (Phi) is 6.07. The zero-order chi connectivity index (χ0) is 16.8. The number of likely N-dealkylation sites (tertiary alicyclic amines) is 1. The van der Waals surface area contributed by atoms with Crippen molar-refractivity contribution in [3.05, 3.63) is 42.5 Å². The molecule has 0 spiro atoms. The summed E-state index contributed by atoms with van der Waals surface area (Å²) >= 11 is 0. The highest BCUT2D eigenvalue weighted by Crippen LogP contribution is 2.25. The van der Waals surface area contributed by atoms with Gasteiger partial charge in [0.25, 0.3) is 0 Å². The molecule has 0 aromatic heterocycles. The van der Waals surface area contributed by atoms with Crippen LogP contribution in [0.15, 0.2) is 42.5 Å². The second-order valence-electron chi connectivity index (χ2n) is 6.40. The summed E-state index contributed by atoms with van der Waals surface area (Å²) < 4.78 is 11.5. The Hall–Kier alpha value is -1.62. The fraction of sp³-hybridized carbons (Fsp3) is 0.500. The molecule has 0 aliphatic carbocycles. The average molecular weight is 329 g/mol. The Labute approximate surface area is 144 Å². The predicted octanol–water partition coefficient (Wildman–Crippen LogP) is 3.08. The van der Waals surface area contributed by atoms with Gasteiger partial charge in [-0.15, -0.1) is 0 Å². The number of rotatable bonds is 7. The molecule has 1 heterocycles. The number of hydrogen-bond acceptors (Lipinski definition) is 4. The molecule has 1 aliphatic rings. The lowest BCUT2D eigenvalue weighted by Crippen LogP contribution is -2.42. The smallest absolute Gasteiger partial charge is 0.127 e. The largest absolute Gasteiger partial charge is 0.490 e. The first-order valence-corrected chi connectivity index (χ1v) is 8.89. The number of aliphatic hydroxyl groups excluding tert-OH is 1. The van der Waals surface area contributed by atoms with Gasteiger partial charge in [0.05, 0.1) is 6.10 Å². The minimum absolute atomic E-state index is 0.319. The highest BCUT2D eigenvalue weighted by atomic mass is 16.5. The van der Waals surface area contributed by atoms with Crippen LogP contribution >= 0.6 is 0 Å². The Balaban J connectivity index is 1.48. The standard InChI is InChI=1S/C20H27NO3/c1-2-23-18-10-12-21(13-11-18)14-17(22)15-24-20-9-5-7-16-6-3-4-8-19(16)20/h3-9,17-18,22H,2,10-15H2,1H3. The van der Waals surface area contributed by atoms with E-state index in [4.69, 9.17) is 9.47 Å². The third kappa shape index (κ3) is 4.47. The number of fused-ring (bicyclic) bond motifs is 1. The predicted molar refractivity (Wildman–Crippen MR) is 96.5 cm³/mol. The molecule has 130 valence electrons. The normalized spacial score (nSPS) is 17.9. The van der Waals surface area contributed by atoms with E-state index in [0.717, 1.165) is 49.1 Å². The van der Waals surface area contributed by atoms with Crippen molar-refractivity contribution in [2.24, 2.45) is 0 Å². The molecule has 0 saturated carbocycles. The van der Waals surface area contributed by atoms with Gasteiger partial charge in [0.15, 0.2) is 0 Å². The van der Waals surface area contributed by atoms with Gasteiger partial charge in [0.2, 0.25) is 0 Å². The molecule has 0 bridgehead atoms. The summed E-state index contributed by atoms with van der Waals surface area (Å²) in [5.74, 6) is 0.835. The lowest BCUT2D eigenvalue weighted by atomic mass is 10.1. The minimum atomic E-state index is -0.479. The zero-order valence-electron chi connectivity index (χ0n) is 14.4. The first kappa shape index (κ1) is 17.2. The molecule has 0 radical (unpaired) electrons. The summed E-state index contributed by atoms with van der Waals surface area (Å²) in [4.78, 5) is 2.30. The van der Waals surface area contributed by atoms with Gasteiger partial charge in [0.1, 0.15) is 18.5 Å². The lowest BCUT2D eigenvalue weighted by molar-refractivity contribution is -0.00177. The maximum absolute atomic E-state index is 10.3. The molecule has 1 atom stereocenters. The third-order valence-electron chi connectivity index (χ3n) is 4.59.